The molecule has 0 saturated heterocycles. The van der Waals surface area contributed by atoms with E-state index in [1.807, 2.05) is 0 Å². The fourth-order valence-corrected chi connectivity index (χ4v) is 6.48. The van der Waals surface area contributed by atoms with Crippen LogP contribution in [0.4, 0.5) is 0 Å². The van der Waals surface area contributed by atoms with E-state index < -0.39 is 35.1 Å². The molecule has 0 aliphatic carbocycles. The van der Waals surface area contributed by atoms with Gasteiger partial charge in [0.05, 0.1) is 20.5 Å². The third kappa shape index (κ3) is 7.58. The smallest absolute Gasteiger partial charge is 0.326 e. The molecule has 3 aromatic rings. The molecule has 0 aliphatic rings. The third-order valence-electron chi connectivity index (χ3n) is 5.66. The van der Waals surface area contributed by atoms with Gasteiger partial charge >= 0.3 is 5.97 Å². The number of amides is 1. The molecule has 0 aliphatic heterocycles. The Morgan fingerprint density at radius 1 is 1.00 bits per heavy atom. The molecule has 38 heavy (non-hydrogen) atoms. The van der Waals surface area contributed by atoms with Crippen molar-refractivity contribution in [2.45, 2.75) is 23.8 Å². The summed E-state index contributed by atoms with van der Waals surface area (Å²) in [4.78, 5) is 35.2. The molecule has 9 nitrogen and oxygen atoms in total. The van der Waals surface area contributed by atoms with E-state index in [2.05, 4.69) is 5.32 Å². The molecule has 0 radical (unpaired) electrons. The van der Waals surface area contributed by atoms with Gasteiger partial charge in [-0.25, -0.2) is 13.2 Å². The van der Waals surface area contributed by atoms with Gasteiger partial charge in [0.15, 0.2) is 9.84 Å². The summed E-state index contributed by atoms with van der Waals surface area (Å²) in [6.07, 6.45) is 0.789. The van der Waals surface area contributed by atoms with Crippen LogP contribution in [0.2, 0.25) is 10.0 Å². The van der Waals surface area contributed by atoms with Crippen molar-refractivity contribution in [1.29, 1.82) is 0 Å². The van der Waals surface area contributed by atoms with Gasteiger partial charge in [-0.05, 0) is 66.1 Å². The van der Waals surface area contributed by atoms with E-state index in [0.29, 0.717) is 11.1 Å². The Morgan fingerprint density at radius 3 is 2.16 bits per heavy atom. The summed E-state index contributed by atoms with van der Waals surface area (Å²) in [5, 5.41) is 21.4. The number of phenols is 1. The van der Waals surface area contributed by atoms with Crippen LogP contribution in [0.1, 0.15) is 21.5 Å². The minimum atomic E-state index is -3.75. The molecular weight excluding hydrogens is 576 g/mol. The molecule has 4 N–H and O–H groups in total. The van der Waals surface area contributed by atoms with E-state index in [9.17, 15) is 37.7 Å². The summed E-state index contributed by atoms with van der Waals surface area (Å²) < 4.78 is 36.3. The van der Waals surface area contributed by atoms with Gasteiger partial charge in [0.2, 0.25) is 7.37 Å². The second-order valence-electron chi connectivity index (χ2n) is 8.61. The number of benzene rings is 3. The van der Waals surface area contributed by atoms with Gasteiger partial charge in [-0.3, -0.25) is 9.36 Å². The van der Waals surface area contributed by atoms with Crippen molar-refractivity contribution in [1.82, 2.24) is 5.32 Å². The molecular formula is C25H24Cl2NO8PS. The van der Waals surface area contributed by atoms with E-state index in [1.54, 1.807) is 6.07 Å². The van der Waals surface area contributed by atoms with Gasteiger partial charge in [0, 0.05) is 24.1 Å². The van der Waals surface area contributed by atoms with Crippen LogP contribution in [-0.2, 0) is 32.0 Å². The highest BCUT2D eigenvalue weighted by molar-refractivity contribution is 7.90. The quantitative estimate of drug-likeness (QED) is 0.257. The Hall–Kier alpha value is -2.88. The van der Waals surface area contributed by atoms with E-state index in [4.69, 9.17) is 23.2 Å². The largest absolute Gasteiger partial charge is 0.508 e. The lowest BCUT2D eigenvalue weighted by molar-refractivity contribution is -0.139. The number of aliphatic carboxylic acids is 1. The van der Waals surface area contributed by atoms with Crippen molar-refractivity contribution >= 4 is 57.6 Å². The molecule has 3 rings (SSSR count). The number of carboxylic acid groups (broad SMARTS) is 1. The molecule has 0 aromatic heterocycles. The minimum absolute atomic E-state index is 0.0185. The summed E-state index contributed by atoms with van der Waals surface area (Å²) in [6.45, 7) is 0. The summed E-state index contributed by atoms with van der Waals surface area (Å²) in [7, 11) is -7.26. The number of halogens is 2. The zero-order chi connectivity index (χ0) is 28.3. The SMILES string of the molecule is CS(=O)(=O)c1cccc(CC(NC(=O)c2c(Cl)cc(CCP(=O)(O)c3ccc(O)cc3)cc2Cl)C(=O)O)c1. The fraction of sp³-hybridized carbons (Fsp3) is 0.200. The molecule has 13 heteroatoms. The molecule has 0 heterocycles. The van der Waals surface area contributed by atoms with E-state index >= 15 is 0 Å². The number of hydrogen-bond donors (Lipinski definition) is 4. The number of hydrogen-bond acceptors (Lipinski definition) is 6. The standard InChI is InChI=1S/C25H24Cl2NO8PS/c1-38(35,36)19-4-2-3-15(11-19)14-22(25(31)32)28-24(30)23-20(26)12-16(13-21(23)27)9-10-37(33,34)18-7-5-17(29)6-8-18/h2-8,11-13,22,29H,9-10,14H2,1H3,(H,28,30)(H,31,32)(H,33,34). The number of nitrogens with one attached hydrogen (secondary N) is 1. The first-order chi connectivity index (χ1) is 17.7. The summed E-state index contributed by atoms with van der Waals surface area (Å²) in [5.41, 5.74) is 0.700. The molecule has 202 valence electrons. The van der Waals surface area contributed by atoms with Gasteiger partial charge in [-0.15, -0.1) is 0 Å². The molecule has 0 bridgehead atoms. The van der Waals surface area contributed by atoms with Crippen molar-refractivity contribution in [3.63, 3.8) is 0 Å². The average Bonchev–Trinajstić information content (AvgIpc) is 2.82. The maximum Gasteiger partial charge on any atom is 0.326 e. The van der Waals surface area contributed by atoms with Gasteiger partial charge < -0.3 is 20.4 Å². The number of carboxylic acids is 1. The molecule has 2 atom stereocenters. The van der Waals surface area contributed by atoms with Gasteiger partial charge in [0.1, 0.15) is 11.8 Å². The number of rotatable bonds is 10. The summed E-state index contributed by atoms with van der Waals surface area (Å²) in [6, 6.07) is 12.5. The van der Waals surface area contributed by atoms with Crippen LogP contribution in [0.3, 0.4) is 0 Å². The average molecular weight is 600 g/mol. The van der Waals surface area contributed by atoms with Crippen LogP contribution >= 0.6 is 30.6 Å². The second kappa shape index (κ2) is 11.9. The Bertz CT molecular complexity index is 1500. The van der Waals surface area contributed by atoms with Crippen LogP contribution < -0.4 is 10.6 Å². The summed E-state index contributed by atoms with van der Waals surface area (Å²) in [5.74, 6) is -2.23. The first-order valence-corrected chi connectivity index (χ1v) is 15.6. The molecule has 0 saturated carbocycles. The highest BCUT2D eigenvalue weighted by Gasteiger charge is 2.26. The fourth-order valence-electron chi connectivity index (χ4n) is 3.65. The first-order valence-electron chi connectivity index (χ1n) is 11.1. The zero-order valence-electron chi connectivity index (χ0n) is 20.0. The van der Waals surface area contributed by atoms with Crippen molar-refractivity contribution in [3.05, 3.63) is 87.4 Å². The Morgan fingerprint density at radius 2 is 1.61 bits per heavy atom. The Labute approximate surface area is 229 Å². The maximum atomic E-state index is 12.9. The topological polar surface area (TPSA) is 158 Å². The highest BCUT2D eigenvalue weighted by Crippen LogP contribution is 2.40. The van der Waals surface area contributed by atoms with Crippen LogP contribution in [0.25, 0.3) is 0 Å². The van der Waals surface area contributed by atoms with Crippen LogP contribution in [-0.4, -0.2) is 53.9 Å². The summed E-state index contributed by atoms with van der Waals surface area (Å²) >= 11 is 12.6. The van der Waals surface area contributed by atoms with Crippen LogP contribution in [0.5, 0.6) is 5.75 Å². The monoisotopic (exact) mass is 599 g/mol. The lowest BCUT2D eigenvalue weighted by Gasteiger charge is -2.17. The van der Waals surface area contributed by atoms with Gasteiger partial charge in [-0.2, -0.15) is 0 Å². The van der Waals surface area contributed by atoms with Crippen molar-refractivity contribution < 1.29 is 37.7 Å². The number of aromatic hydroxyl groups is 1. The number of sulfone groups is 1. The predicted octanol–water partition coefficient (Wildman–Crippen LogP) is 3.67. The maximum absolute atomic E-state index is 12.9. The Kier molecular flexibility index (Phi) is 9.28. The van der Waals surface area contributed by atoms with Gasteiger partial charge in [-0.1, -0.05) is 35.3 Å². The lowest BCUT2D eigenvalue weighted by atomic mass is 10.0. The van der Waals surface area contributed by atoms with E-state index in [0.717, 1.165) is 6.26 Å². The zero-order valence-corrected chi connectivity index (χ0v) is 23.2. The number of phenolic OH excluding ortho intramolecular Hbond substituents is 1. The highest BCUT2D eigenvalue weighted by atomic mass is 35.5. The van der Waals surface area contributed by atoms with E-state index in [1.165, 1.54) is 54.6 Å². The molecule has 0 fully saturated rings. The number of carbonyl (C=O) groups is 2. The van der Waals surface area contributed by atoms with Crippen LogP contribution in [0, 0.1) is 0 Å². The van der Waals surface area contributed by atoms with Crippen LogP contribution in [0.15, 0.2) is 65.6 Å². The number of carbonyl (C=O) groups excluding carboxylic acids is 1. The van der Waals surface area contributed by atoms with E-state index in [-0.39, 0.29) is 50.6 Å². The molecule has 1 amide bonds. The van der Waals surface area contributed by atoms with Crippen molar-refractivity contribution in [3.8, 4) is 5.75 Å². The Balaban J connectivity index is 1.75. The predicted molar refractivity (Wildman–Crippen MR) is 145 cm³/mol. The molecule has 3 aromatic carbocycles. The first kappa shape index (κ1) is 29.7. The normalized spacial score (nSPS) is 13.9. The molecule has 2 unspecified atom stereocenters. The number of aryl methyl sites for hydroxylation is 1. The van der Waals surface area contributed by atoms with Crippen molar-refractivity contribution in [2.24, 2.45) is 0 Å². The lowest BCUT2D eigenvalue weighted by Crippen LogP contribution is -2.42. The molecule has 0 spiro atoms. The van der Waals surface area contributed by atoms with Crippen molar-refractivity contribution in [2.75, 3.05) is 12.4 Å². The minimum Gasteiger partial charge on any atom is -0.508 e. The third-order valence-corrected chi connectivity index (χ3v) is 9.30. The van der Waals surface area contributed by atoms with Gasteiger partial charge in [0.25, 0.3) is 5.91 Å². The second-order valence-corrected chi connectivity index (χ2v) is 13.8.